The lowest BCUT2D eigenvalue weighted by molar-refractivity contribution is -0.154. The molecule has 0 radical (unpaired) electrons. The lowest BCUT2D eigenvalue weighted by atomic mass is 9.99. The standard InChI is InChI=1S/C10H16FNO3S/c1-6(5-16)9(13)12-4-7(11)2-3-8(12)10(14)15/h6-8,16H,2-5H2,1H3,(H,14,15). The van der Waals surface area contributed by atoms with Crippen LogP contribution < -0.4 is 0 Å². The number of halogens is 1. The molecule has 1 saturated heterocycles. The number of carbonyl (C=O) groups excluding carboxylic acids is 1. The third kappa shape index (κ3) is 2.87. The largest absolute Gasteiger partial charge is 0.480 e. The van der Waals surface area contributed by atoms with Crippen molar-refractivity contribution < 1.29 is 19.1 Å². The third-order valence-electron chi connectivity index (χ3n) is 2.79. The summed E-state index contributed by atoms with van der Waals surface area (Å²) in [5, 5.41) is 8.96. The third-order valence-corrected chi connectivity index (χ3v) is 3.34. The maximum Gasteiger partial charge on any atom is 0.326 e. The van der Waals surface area contributed by atoms with Gasteiger partial charge in [-0.25, -0.2) is 9.18 Å². The number of carbonyl (C=O) groups is 2. The Kier molecular flexibility index (Phi) is 4.58. The number of aliphatic carboxylic acids is 1. The first-order valence-electron chi connectivity index (χ1n) is 5.25. The first-order valence-corrected chi connectivity index (χ1v) is 5.88. The Balaban J connectivity index is 2.78. The van der Waals surface area contributed by atoms with Crippen LogP contribution in [-0.4, -0.2) is 46.4 Å². The molecule has 1 N–H and O–H groups in total. The number of nitrogens with zero attached hydrogens (tertiary/aromatic N) is 1. The first-order chi connectivity index (χ1) is 7.47. The van der Waals surface area contributed by atoms with Gasteiger partial charge in [0.15, 0.2) is 0 Å². The summed E-state index contributed by atoms with van der Waals surface area (Å²) in [4.78, 5) is 23.9. The minimum atomic E-state index is -1.12. The Morgan fingerprint density at radius 2 is 2.19 bits per heavy atom. The molecule has 1 aliphatic heterocycles. The van der Waals surface area contributed by atoms with E-state index in [1.54, 1.807) is 6.92 Å². The van der Waals surface area contributed by atoms with E-state index in [9.17, 15) is 14.0 Å². The second kappa shape index (κ2) is 5.52. The fourth-order valence-electron chi connectivity index (χ4n) is 1.79. The van der Waals surface area contributed by atoms with Crippen LogP contribution >= 0.6 is 12.6 Å². The molecule has 0 saturated carbocycles. The highest BCUT2D eigenvalue weighted by Gasteiger charge is 2.37. The molecule has 16 heavy (non-hydrogen) atoms. The Morgan fingerprint density at radius 1 is 1.56 bits per heavy atom. The number of thiol groups is 1. The molecule has 4 nitrogen and oxygen atoms in total. The zero-order valence-electron chi connectivity index (χ0n) is 9.10. The van der Waals surface area contributed by atoms with Gasteiger partial charge in [0.2, 0.25) is 5.91 Å². The summed E-state index contributed by atoms with van der Waals surface area (Å²) in [6.07, 6.45) is -0.732. The van der Waals surface area contributed by atoms with Crippen molar-refractivity contribution in [1.82, 2.24) is 4.90 Å². The van der Waals surface area contributed by atoms with Gasteiger partial charge < -0.3 is 10.0 Å². The first kappa shape index (κ1) is 13.3. The molecule has 3 unspecified atom stereocenters. The van der Waals surface area contributed by atoms with Gasteiger partial charge in [0, 0.05) is 11.7 Å². The van der Waals surface area contributed by atoms with Crippen molar-refractivity contribution in [3.63, 3.8) is 0 Å². The molecule has 1 fully saturated rings. The van der Waals surface area contributed by atoms with E-state index < -0.39 is 18.2 Å². The van der Waals surface area contributed by atoms with Crippen LogP contribution in [0.3, 0.4) is 0 Å². The van der Waals surface area contributed by atoms with E-state index in [0.717, 1.165) is 4.90 Å². The number of alkyl halides is 1. The molecule has 1 amide bonds. The Hall–Kier alpha value is -0.780. The van der Waals surface area contributed by atoms with E-state index in [1.165, 1.54) is 0 Å². The number of hydrogen-bond acceptors (Lipinski definition) is 3. The fourth-order valence-corrected chi connectivity index (χ4v) is 1.94. The Bertz CT molecular complexity index is 287. The van der Waals surface area contributed by atoms with Gasteiger partial charge in [-0.2, -0.15) is 12.6 Å². The highest BCUT2D eigenvalue weighted by atomic mass is 32.1. The van der Waals surface area contributed by atoms with Crippen molar-refractivity contribution in [1.29, 1.82) is 0 Å². The van der Waals surface area contributed by atoms with Gasteiger partial charge in [-0.05, 0) is 12.8 Å². The molecule has 6 heteroatoms. The van der Waals surface area contributed by atoms with E-state index in [1.807, 2.05) is 0 Å². The van der Waals surface area contributed by atoms with Crippen molar-refractivity contribution in [3.8, 4) is 0 Å². The number of rotatable bonds is 3. The SMILES string of the molecule is CC(CS)C(=O)N1CC(F)CCC1C(=O)O. The maximum absolute atomic E-state index is 13.2. The predicted molar refractivity (Wildman–Crippen MR) is 60.3 cm³/mol. The quantitative estimate of drug-likeness (QED) is 0.733. The van der Waals surface area contributed by atoms with Crippen LogP contribution in [0.4, 0.5) is 4.39 Å². The Morgan fingerprint density at radius 3 is 2.69 bits per heavy atom. The molecule has 0 aromatic heterocycles. The molecule has 92 valence electrons. The van der Waals surface area contributed by atoms with Gasteiger partial charge in [0.05, 0.1) is 6.54 Å². The number of hydrogen-bond donors (Lipinski definition) is 2. The minimum absolute atomic E-state index is 0.117. The summed E-state index contributed by atoms with van der Waals surface area (Å²) >= 11 is 3.99. The molecular weight excluding hydrogens is 233 g/mol. The summed E-state index contributed by atoms with van der Waals surface area (Å²) in [5.74, 6) is -1.44. The monoisotopic (exact) mass is 249 g/mol. The van der Waals surface area contributed by atoms with Gasteiger partial charge in [-0.3, -0.25) is 4.79 Å². The van der Waals surface area contributed by atoms with Crippen LogP contribution in [0.25, 0.3) is 0 Å². The van der Waals surface area contributed by atoms with Crippen LogP contribution in [0.5, 0.6) is 0 Å². The van der Waals surface area contributed by atoms with Crippen molar-refractivity contribution in [2.24, 2.45) is 5.92 Å². The predicted octanol–water partition coefficient (Wildman–Crippen LogP) is 0.966. The average Bonchev–Trinajstić information content (AvgIpc) is 2.26. The second-order valence-electron chi connectivity index (χ2n) is 4.10. The lowest BCUT2D eigenvalue weighted by Crippen LogP contribution is -2.53. The van der Waals surface area contributed by atoms with Crippen LogP contribution in [0, 0.1) is 5.92 Å². The van der Waals surface area contributed by atoms with E-state index in [0.29, 0.717) is 5.75 Å². The zero-order valence-corrected chi connectivity index (χ0v) is 9.99. The van der Waals surface area contributed by atoms with Crippen LogP contribution in [0.2, 0.25) is 0 Å². The number of carboxylic acids is 1. The molecule has 0 aromatic rings. The van der Waals surface area contributed by atoms with Crippen molar-refractivity contribution >= 4 is 24.5 Å². The van der Waals surface area contributed by atoms with E-state index >= 15 is 0 Å². The normalized spacial score (nSPS) is 27.6. The van der Waals surface area contributed by atoms with Gasteiger partial charge in [0.25, 0.3) is 0 Å². The summed E-state index contributed by atoms with van der Waals surface area (Å²) in [6, 6.07) is -0.887. The maximum atomic E-state index is 13.2. The van der Waals surface area contributed by atoms with Gasteiger partial charge in [-0.1, -0.05) is 6.92 Å². The zero-order chi connectivity index (χ0) is 12.3. The van der Waals surface area contributed by atoms with Crippen LogP contribution in [0.1, 0.15) is 19.8 Å². The van der Waals surface area contributed by atoms with Crippen LogP contribution in [0.15, 0.2) is 0 Å². The summed E-state index contributed by atoms with van der Waals surface area (Å²) in [7, 11) is 0. The van der Waals surface area contributed by atoms with Crippen molar-refractivity contribution in [2.75, 3.05) is 12.3 Å². The van der Waals surface area contributed by atoms with E-state index in [2.05, 4.69) is 12.6 Å². The molecule has 3 atom stereocenters. The number of amides is 1. The topological polar surface area (TPSA) is 57.6 Å². The summed E-state index contributed by atoms with van der Waals surface area (Å²) in [6.45, 7) is 1.55. The summed E-state index contributed by atoms with van der Waals surface area (Å²) in [5.41, 5.74) is 0. The van der Waals surface area contributed by atoms with E-state index in [-0.39, 0.29) is 31.2 Å². The average molecular weight is 249 g/mol. The molecule has 1 rings (SSSR count). The van der Waals surface area contributed by atoms with Gasteiger partial charge in [0.1, 0.15) is 12.2 Å². The van der Waals surface area contributed by atoms with Crippen molar-refractivity contribution in [3.05, 3.63) is 0 Å². The molecule has 0 aliphatic carbocycles. The number of likely N-dealkylation sites (tertiary alicyclic amines) is 1. The molecule has 1 heterocycles. The van der Waals surface area contributed by atoms with Crippen molar-refractivity contribution in [2.45, 2.75) is 32.0 Å². The smallest absolute Gasteiger partial charge is 0.326 e. The molecule has 1 aliphatic rings. The van der Waals surface area contributed by atoms with E-state index in [4.69, 9.17) is 5.11 Å². The minimum Gasteiger partial charge on any atom is -0.480 e. The van der Waals surface area contributed by atoms with Gasteiger partial charge >= 0.3 is 5.97 Å². The summed E-state index contributed by atoms with van der Waals surface area (Å²) < 4.78 is 13.2. The lowest BCUT2D eigenvalue weighted by Gasteiger charge is -2.36. The van der Waals surface area contributed by atoms with Crippen LogP contribution in [-0.2, 0) is 9.59 Å². The molecule has 0 bridgehead atoms. The molecule has 0 spiro atoms. The highest BCUT2D eigenvalue weighted by molar-refractivity contribution is 7.80. The van der Waals surface area contributed by atoms with Gasteiger partial charge in [-0.15, -0.1) is 0 Å². The second-order valence-corrected chi connectivity index (χ2v) is 4.47. The number of carboxylic acid groups (broad SMARTS) is 1. The Labute approximate surface area is 99.2 Å². The highest BCUT2D eigenvalue weighted by Crippen LogP contribution is 2.22. The fraction of sp³-hybridized carbons (Fsp3) is 0.800. The molecule has 0 aromatic carbocycles. The molecular formula is C10H16FNO3S. The number of piperidine rings is 1.